The molecule has 2 nitrogen and oxygen atoms in total. The first kappa shape index (κ1) is 15.2. The molecule has 0 heterocycles. The van der Waals surface area contributed by atoms with Gasteiger partial charge in [-0.2, -0.15) is 13.2 Å². The van der Waals surface area contributed by atoms with Crippen LogP contribution >= 0.6 is 11.6 Å². The lowest BCUT2D eigenvalue weighted by atomic mass is 10.1. The van der Waals surface area contributed by atoms with Gasteiger partial charge < -0.3 is 5.32 Å². The van der Waals surface area contributed by atoms with Crippen LogP contribution in [0.25, 0.3) is 0 Å². The number of alkyl halides is 4. The molecule has 6 heteroatoms. The van der Waals surface area contributed by atoms with E-state index in [-0.39, 0.29) is 16.8 Å². The van der Waals surface area contributed by atoms with E-state index in [0.717, 1.165) is 31.4 Å². The molecule has 2 unspecified atom stereocenters. The Morgan fingerprint density at radius 1 is 1.25 bits per heavy atom. The molecule has 1 amide bonds. The highest BCUT2D eigenvalue weighted by Crippen LogP contribution is 2.30. The van der Waals surface area contributed by atoms with Crippen molar-refractivity contribution in [2.45, 2.75) is 30.8 Å². The number of hydrogen-bond donors (Lipinski definition) is 1. The molecule has 1 N–H and O–H groups in total. The molecule has 1 aromatic rings. The van der Waals surface area contributed by atoms with Gasteiger partial charge in [0.1, 0.15) is 0 Å². The molecule has 0 spiro atoms. The van der Waals surface area contributed by atoms with Crippen molar-refractivity contribution in [2.75, 3.05) is 6.54 Å². The highest BCUT2D eigenvalue weighted by atomic mass is 35.5. The maximum atomic E-state index is 12.4. The number of carbonyl (C=O) groups excluding carboxylic acids is 1. The Labute approximate surface area is 120 Å². The maximum Gasteiger partial charge on any atom is 0.416 e. The van der Waals surface area contributed by atoms with Crippen molar-refractivity contribution in [1.82, 2.24) is 5.32 Å². The van der Waals surface area contributed by atoms with Crippen molar-refractivity contribution >= 4 is 17.5 Å². The molecule has 1 aromatic carbocycles. The number of nitrogens with one attached hydrogen (secondary N) is 1. The zero-order chi connectivity index (χ0) is 14.8. The Hall–Kier alpha value is -1.23. The summed E-state index contributed by atoms with van der Waals surface area (Å²) < 4.78 is 37.2. The Balaban J connectivity index is 1.89. The smallest absolute Gasteiger partial charge is 0.352 e. The predicted octanol–water partition coefficient (Wildman–Crippen LogP) is 3.84. The van der Waals surface area contributed by atoms with Gasteiger partial charge in [0.2, 0.25) is 0 Å². The standard InChI is InChI=1S/C14H15ClF3NO/c15-12-6-1-9(7-12)8-19-13(20)10-2-4-11(5-3-10)14(16,17)18/h2-5,9,12H,1,6-8H2,(H,19,20). The molecule has 0 aromatic heterocycles. The van der Waals surface area contributed by atoms with Crippen molar-refractivity contribution in [1.29, 1.82) is 0 Å². The third-order valence-corrected chi connectivity index (χ3v) is 3.90. The minimum absolute atomic E-state index is 0.169. The average molecular weight is 306 g/mol. The van der Waals surface area contributed by atoms with Crippen LogP contribution in [0.2, 0.25) is 0 Å². The molecule has 1 saturated carbocycles. The molecule has 110 valence electrons. The first-order chi connectivity index (χ1) is 9.36. The average Bonchev–Trinajstić information content (AvgIpc) is 2.81. The Bertz CT molecular complexity index is 472. The van der Waals surface area contributed by atoms with Gasteiger partial charge in [0.05, 0.1) is 5.56 Å². The Morgan fingerprint density at radius 2 is 1.90 bits per heavy atom. The molecule has 20 heavy (non-hydrogen) atoms. The van der Waals surface area contributed by atoms with Gasteiger partial charge in [0.25, 0.3) is 5.91 Å². The van der Waals surface area contributed by atoms with Crippen molar-refractivity contribution in [3.63, 3.8) is 0 Å². The quantitative estimate of drug-likeness (QED) is 0.845. The van der Waals surface area contributed by atoms with Crippen molar-refractivity contribution in [3.05, 3.63) is 35.4 Å². The lowest BCUT2D eigenvalue weighted by molar-refractivity contribution is -0.137. The minimum atomic E-state index is -4.38. The molecular formula is C14H15ClF3NO. The molecule has 0 bridgehead atoms. The Morgan fingerprint density at radius 3 is 2.40 bits per heavy atom. The van der Waals surface area contributed by atoms with E-state index in [0.29, 0.717) is 12.5 Å². The third kappa shape index (κ3) is 3.88. The molecule has 2 atom stereocenters. The number of carbonyl (C=O) groups is 1. The topological polar surface area (TPSA) is 29.1 Å². The van der Waals surface area contributed by atoms with Gasteiger partial charge in [-0.05, 0) is 49.4 Å². The first-order valence-electron chi connectivity index (χ1n) is 6.46. The fourth-order valence-corrected chi connectivity index (χ4v) is 2.73. The van der Waals surface area contributed by atoms with Crippen LogP contribution < -0.4 is 5.32 Å². The normalized spacial score (nSPS) is 22.8. The first-order valence-corrected chi connectivity index (χ1v) is 6.89. The maximum absolute atomic E-state index is 12.4. The number of hydrogen-bond acceptors (Lipinski definition) is 1. The summed E-state index contributed by atoms with van der Waals surface area (Å²) in [6.07, 6.45) is -1.59. The molecule has 1 aliphatic carbocycles. The van der Waals surface area contributed by atoms with E-state index in [4.69, 9.17) is 11.6 Å². The second-order valence-electron chi connectivity index (χ2n) is 5.06. The van der Waals surface area contributed by atoms with Crippen LogP contribution in [-0.2, 0) is 6.18 Å². The largest absolute Gasteiger partial charge is 0.416 e. The molecule has 0 radical (unpaired) electrons. The molecule has 2 rings (SSSR count). The minimum Gasteiger partial charge on any atom is -0.352 e. The SMILES string of the molecule is O=C(NCC1CCC(Cl)C1)c1ccc(C(F)(F)F)cc1. The van der Waals surface area contributed by atoms with Gasteiger partial charge in [0.15, 0.2) is 0 Å². The fraction of sp³-hybridized carbons (Fsp3) is 0.500. The summed E-state index contributed by atoms with van der Waals surface area (Å²) in [7, 11) is 0. The van der Waals surface area contributed by atoms with Crippen LogP contribution in [-0.4, -0.2) is 17.8 Å². The van der Waals surface area contributed by atoms with Crippen molar-refractivity contribution < 1.29 is 18.0 Å². The summed E-state index contributed by atoms with van der Waals surface area (Å²) in [6.45, 7) is 0.517. The van der Waals surface area contributed by atoms with E-state index in [1.807, 2.05) is 0 Å². The van der Waals surface area contributed by atoms with Gasteiger partial charge in [-0.3, -0.25) is 4.79 Å². The van der Waals surface area contributed by atoms with Crippen LogP contribution in [0.4, 0.5) is 13.2 Å². The summed E-state index contributed by atoms with van der Waals surface area (Å²) in [4.78, 5) is 11.8. The van der Waals surface area contributed by atoms with E-state index in [2.05, 4.69) is 5.32 Å². The van der Waals surface area contributed by atoms with Gasteiger partial charge in [-0.1, -0.05) is 0 Å². The monoisotopic (exact) mass is 305 g/mol. The summed E-state index contributed by atoms with van der Waals surface area (Å²) in [5.74, 6) is 0.00708. The van der Waals surface area contributed by atoms with Crippen LogP contribution in [0.15, 0.2) is 24.3 Å². The number of halogens is 4. The molecule has 0 saturated heterocycles. The second-order valence-corrected chi connectivity index (χ2v) is 5.68. The van der Waals surface area contributed by atoms with Gasteiger partial charge >= 0.3 is 6.18 Å². The van der Waals surface area contributed by atoms with E-state index in [1.165, 1.54) is 12.1 Å². The van der Waals surface area contributed by atoms with Crippen LogP contribution in [0.5, 0.6) is 0 Å². The lowest BCUT2D eigenvalue weighted by Crippen LogP contribution is -2.28. The Kier molecular flexibility index (Phi) is 4.58. The van der Waals surface area contributed by atoms with Crippen LogP contribution in [0, 0.1) is 5.92 Å². The van der Waals surface area contributed by atoms with Gasteiger partial charge in [0, 0.05) is 17.5 Å². The summed E-state index contributed by atoms with van der Waals surface area (Å²) in [6, 6.07) is 4.22. The zero-order valence-electron chi connectivity index (χ0n) is 10.7. The predicted molar refractivity (Wildman–Crippen MR) is 70.8 cm³/mol. The number of rotatable bonds is 3. The fourth-order valence-electron chi connectivity index (χ4n) is 2.35. The molecule has 1 aliphatic rings. The highest BCUT2D eigenvalue weighted by molar-refractivity contribution is 6.20. The van der Waals surface area contributed by atoms with Gasteiger partial charge in [-0.25, -0.2) is 0 Å². The van der Waals surface area contributed by atoms with Gasteiger partial charge in [-0.15, -0.1) is 11.6 Å². The molecule has 1 fully saturated rings. The van der Waals surface area contributed by atoms with E-state index in [1.54, 1.807) is 0 Å². The van der Waals surface area contributed by atoms with Crippen molar-refractivity contribution in [3.8, 4) is 0 Å². The lowest BCUT2D eigenvalue weighted by Gasteiger charge is -2.11. The van der Waals surface area contributed by atoms with E-state index >= 15 is 0 Å². The highest BCUT2D eigenvalue weighted by Gasteiger charge is 2.30. The number of amides is 1. The van der Waals surface area contributed by atoms with E-state index in [9.17, 15) is 18.0 Å². The second kappa shape index (κ2) is 6.04. The summed E-state index contributed by atoms with van der Waals surface area (Å²) in [5, 5.41) is 2.91. The summed E-state index contributed by atoms with van der Waals surface area (Å²) in [5.41, 5.74) is -0.520. The zero-order valence-corrected chi connectivity index (χ0v) is 11.5. The molecule has 0 aliphatic heterocycles. The third-order valence-electron chi connectivity index (χ3n) is 3.50. The summed E-state index contributed by atoms with van der Waals surface area (Å²) >= 11 is 5.98. The van der Waals surface area contributed by atoms with E-state index < -0.39 is 11.7 Å². The van der Waals surface area contributed by atoms with Crippen LogP contribution in [0.1, 0.15) is 35.2 Å². The van der Waals surface area contributed by atoms with Crippen LogP contribution in [0.3, 0.4) is 0 Å². The van der Waals surface area contributed by atoms with Crippen molar-refractivity contribution in [2.24, 2.45) is 5.92 Å². The number of benzene rings is 1. The molecular weight excluding hydrogens is 291 g/mol.